The third-order valence-corrected chi connectivity index (χ3v) is 7.75. The number of ether oxygens (including phenoxy) is 1. The highest BCUT2D eigenvalue weighted by Gasteiger charge is 2.24. The lowest BCUT2D eigenvalue weighted by molar-refractivity contribution is 0.0627. The first-order valence-electron chi connectivity index (χ1n) is 9.90. The highest BCUT2D eigenvalue weighted by Crippen LogP contribution is 2.25. The first-order chi connectivity index (χ1) is 14.2. The predicted molar refractivity (Wildman–Crippen MR) is 118 cm³/mol. The second-order valence-corrected chi connectivity index (χ2v) is 10.6. The molecule has 0 bridgehead atoms. The highest BCUT2D eigenvalue weighted by molar-refractivity contribution is 7.92. The molecule has 2 aromatic carbocycles. The third-order valence-electron chi connectivity index (χ3n) is 5.35. The molecule has 8 heteroatoms. The number of hydrogen-bond acceptors (Lipinski definition) is 5. The van der Waals surface area contributed by atoms with Gasteiger partial charge in [-0.1, -0.05) is 11.6 Å². The van der Waals surface area contributed by atoms with Crippen LogP contribution in [0.3, 0.4) is 0 Å². The summed E-state index contributed by atoms with van der Waals surface area (Å²) < 4.78 is 29.9. The lowest BCUT2D eigenvalue weighted by Gasteiger charge is -2.35. The zero-order chi connectivity index (χ0) is 21.9. The molecule has 1 aliphatic rings. The van der Waals surface area contributed by atoms with Gasteiger partial charge in [-0.05, 0) is 56.3 Å². The largest absolute Gasteiger partial charge is 0.496 e. The van der Waals surface area contributed by atoms with Gasteiger partial charge in [-0.2, -0.15) is 0 Å². The maximum atomic E-state index is 12.8. The molecule has 2 aromatic rings. The van der Waals surface area contributed by atoms with E-state index in [1.165, 1.54) is 12.1 Å². The Labute approximate surface area is 183 Å². The van der Waals surface area contributed by atoms with Crippen LogP contribution in [0.1, 0.15) is 29.8 Å². The monoisotopic (exact) mass is 450 g/mol. The summed E-state index contributed by atoms with van der Waals surface area (Å²) in [6, 6.07) is 11.8. The molecule has 0 unspecified atom stereocenters. The summed E-state index contributed by atoms with van der Waals surface area (Å²) in [7, 11) is -1.70. The van der Waals surface area contributed by atoms with Crippen LogP contribution in [0.2, 0.25) is 5.02 Å². The predicted octanol–water partition coefficient (Wildman–Crippen LogP) is 3.49. The number of halogens is 1. The van der Waals surface area contributed by atoms with Crippen molar-refractivity contribution in [1.82, 2.24) is 9.80 Å². The van der Waals surface area contributed by atoms with Gasteiger partial charge in [0.1, 0.15) is 5.75 Å². The SMILES string of the molecule is COc1ccc(Cl)cc1CN1CCN(C(=O)c2ccc(S(=O)(=O)C(C)C)cc2)CC1. The zero-order valence-corrected chi connectivity index (χ0v) is 19.0. The number of benzene rings is 2. The molecule has 0 aliphatic carbocycles. The first kappa shape index (κ1) is 22.6. The summed E-state index contributed by atoms with van der Waals surface area (Å²) >= 11 is 6.12. The van der Waals surface area contributed by atoms with Gasteiger partial charge in [0, 0.05) is 48.9 Å². The second kappa shape index (κ2) is 9.37. The lowest BCUT2D eigenvalue weighted by Crippen LogP contribution is -2.48. The quantitative estimate of drug-likeness (QED) is 0.674. The van der Waals surface area contributed by atoms with Crippen LogP contribution in [0.4, 0.5) is 0 Å². The van der Waals surface area contributed by atoms with Crippen LogP contribution in [0.15, 0.2) is 47.4 Å². The molecule has 6 nitrogen and oxygen atoms in total. The van der Waals surface area contributed by atoms with Crippen LogP contribution < -0.4 is 4.74 Å². The highest BCUT2D eigenvalue weighted by atomic mass is 35.5. The molecule has 30 heavy (non-hydrogen) atoms. The minimum absolute atomic E-state index is 0.0801. The fraction of sp³-hybridized carbons (Fsp3) is 0.409. The van der Waals surface area contributed by atoms with E-state index in [1.54, 1.807) is 44.1 Å². The van der Waals surface area contributed by atoms with Gasteiger partial charge >= 0.3 is 0 Å². The summed E-state index contributed by atoms with van der Waals surface area (Å²) in [6.45, 7) is 6.68. The molecule has 1 heterocycles. The van der Waals surface area contributed by atoms with Gasteiger partial charge in [0.05, 0.1) is 17.3 Å². The Balaban J connectivity index is 1.61. The van der Waals surface area contributed by atoms with Crippen molar-refractivity contribution in [2.45, 2.75) is 30.5 Å². The van der Waals surface area contributed by atoms with E-state index in [2.05, 4.69) is 4.90 Å². The van der Waals surface area contributed by atoms with E-state index in [9.17, 15) is 13.2 Å². The number of rotatable bonds is 6. The van der Waals surface area contributed by atoms with E-state index in [4.69, 9.17) is 16.3 Å². The maximum Gasteiger partial charge on any atom is 0.253 e. The van der Waals surface area contributed by atoms with E-state index in [-0.39, 0.29) is 10.8 Å². The molecule has 162 valence electrons. The van der Waals surface area contributed by atoms with Crippen molar-refractivity contribution in [3.63, 3.8) is 0 Å². The van der Waals surface area contributed by atoms with E-state index in [1.807, 2.05) is 12.1 Å². The van der Waals surface area contributed by atoms with Crippen LogP contribution in [0, 0.1) is 0 Å². The average Bonchev–Trinajstić information content (AvgIpc) is 2.74. The van der Waals surface area contributed by atoms with Gasteiger partial charge in [-0.15, -0.1) is 0 Å². The van der Waals surface area contributed by atoms with Gasteiger partial charge in [-0.25, -0.2) is 8.42 Å². The van der Waals surface area contributed by atoms with Crippen molar-refractivity contribution in [2.24, 2.45) is 0 Å². The lowest BCUT2D eigenvalue weighted by atomic mass is 10.1. The fourth-order valence-electron chi connectivity index (χ4n) is 3.46. The number of carbonyl (C=O) groups is 1. The van der Waals surface area contributed by atoms with Gasteiger partial charge in [0.15, 0.2) is 9.84 Å². The van der Waals surface area contributed by atoms with Gasteiger partial charge in [0.2, 0.25) is 0 Å². The van der Waals surface area contributed by atoms with Crippen molar-refractivity contribution < 1.29 is 17.9 Å². The molecule has 3 rings (SSSR count). The van der Waals surface area contributed by atoms with E-state index in [0.29, 0.717) is 30.2 Å². The Morgan fingerprint density at radius 3 is 2.27 bits per heavy atom. The normalized spacial score (nSPS) is 15.4. The topological polar surface area (TPSA) is 66.9 Å². The van der Waals surface area contributed by atoms with Crippen molar-refractivity contribution in [3.05, 3.63) is 58.6 Å². The number of amides is 1. The summed E-state index contributed by atoms with van der Waals surface area (Å²) in [5.41, 5.74) is 1.52. The van der Waals surface area contributed by atoms with Crippen LogP contribution in [0.25, 0.3) is 0 Å². The molecule has 0 aromatic heterocycles. The number of nitrogens with zero attached hydrogens (tertiary/aromatic N) is 2. The van der Waals surface area contributed by atoms with Gasteiger partial charge in [-0.3, -0.25) is 9.69 Å². The van der Waals surface area contributed by atoms with E-state index >= 15 is 0 Å². The molecule has 0 spiro atoms. The van der Waals surface area contributed by atoms with Crippen molar-refractivity contribution >= 4 is 27.3 Å². The Morgan fingerprint density at radius 1 is 1.07 bits per heavy atom. The molecule has 1 saturated heterocycles. The number of methoxy groups -OCH3 is 1. The van der Waals surface area contributed by atoms with Crippen LogP contribution in [-0.2, 0) is 16.4 Å². The molecule has 0 radical (unpaired) electrons. The molecule has 0 saturated carbocycles. The molecule has 0 atom stereocenters. The third kappa shape index (κ3) is 4.96. The Bertz CT molecular complexity index is 998. The summed E-state index contributed by atoms with van der Waals surface area (Å²) in [5, 5.41) is 0.174. The molecule has 1 aliphatic heterocycles. The molecular formula is C22H27ClN2O4S. The molecule has 1 fully saturated rings. The average molecular weight is 451 g/mol. The fourth-order valence-corrected chi connectivity index (χ4v) is 4.72. The molecular weight excluding hydrogens is 424 g/mol. The second-order valence-electron chi connectivity index (χ2n) is 7.64. The molecule has 1 amide bonds. The molecule has 0 N–H and O–H groups in total. The first-order valence-corrected chi connectivity index (χ1v) is 11.8. The number of hydrogen-bond donors (Lipinski definition) is 0. The van der Waals surface area contributed by atoms with E-state index < -0.39 is 15.1 Å². The Morgan fingerprint density at radius 2 is 1.70 bits per heavy atom. The number of sulfone groups is 1. The van der Waals surface area contributed by atoms with Gasteiger partial charge < -0.3 is 9.64 Å². The van der Waals surface area contributed by atoms with Gasteiger partial charge in [0.25, 0.3) is 5.91 Å². The van der Waals surface area contributed by atoms with Crippen molar-refractivity contribution in [3.8, 4) is 5.75 Å². The minimum Gasteiger partial charge on any atom is -0.496 e. The van der Waals surface area contributed by atoms with Crippen LogP contribution >= 0.6 is 11.6 Å². The zero-order valence-electron chi connectivity index (χ0n) is 17.5. The number of carbonyl (C=O) groups excluding carboxylic acids is 1. The van der Waals surface area contributed by atoms with Crippen molar-refractivity contribution in [2.75, 3.05) is 33.3 Å². The maximum absolute atomic E-state index is 12.8. The summed E-state index contributed by atoms with van der Waals surface area (Å²) in [4.78, 5) is 17.1. The Hall–Kier alpha value is -2.09. The minimum atomic E-state index is -3.34. The summed E-state index contributed by atoms with van der Waals surface area (Å²) in [6.07, 6.45) is 0. The standard InChI is InChI=1S/C22H27ClN2O4S/c1-16(2)30(27,28)20-7-4-17(5-8-20)22(26)25-12-10-24(11-13-25)15-18-14-19(23)6-9-21(18)29-3/h4-9,14,16H,10-13,15H2,1-3H3. The van der Waals surface area contributed by atoms with Crippen LogP contribution in [-0.4, -0.2) is 62.7 Å². The Kier molecular flexibility index (Phi) is 7.06. The van der Waals surface area contributed by atoms with E-state index in [0.717, 1.165) is 24.4 Å². The number of piperazine rings is 1. The van der Waals surface area contributed by atoms with Crippen molar-refractivity contribution in [1.29, 1.82) is 0 Å². The smallest absolute Gasteiger partial charge is 0.253 e. The van der Waals surface area contributed by atoms with Crippen LogP contribution in [0.5, 0.6) is 5.75 Å². The summed E-state index contributed by atoms with van der Waals surface area (Å²) in [5.74, 6) is 0.720.